The third kappa shape index (κ3) is 7.46. The predicted molar refractivity (Wildman–Crippen MR) is 157 cm³/mol. The Labute approximate surface area is 250 Å². The van der Waals surface area contributed by atoms with Crippen molar-refractivity contribution < 1.29 is 31.8 Å². The summed E-state index contributed by atoms with van der Waals surface area (Å²) in [6.07, 6.45) is -0.591. The summed E-state index contributed by atoms with van der Waals surface area (Å²) >= 11 is -0.283. The third-order valence-corrected chi connectivity index (χ3v) is 8.07. The van der Waals surface area contributed by atoms with Gasteiger partial charge in [0.15, 0.2) is 0 Å². The number of halogens is 4. The summed E-state index contributed by atoms with van der Waals surface area (Å²) in [4.78, 5) is 16.3. The molecule has 0 spiro atoms. The van der Waals surface area contributed by atoms with Gasteiger partial charge < -0.3 is 29.9 Å². The number of nitrogens with zero attached hydrogens (tertiary/aromatic N) is 4. The van der Waals surface area contributed by atoms with Crippen LogP contribution >= 0.6 is 11.8 Å². The van der Waals surface area contributed by atoms with E-state index in [2.05, 4.69) is 27.6 Å². The largest absolute Gasteiger partial charge is 0.495 e. The van der Waals surface area contributed by atoms with Crippen molar-refractivity contribution in [3.63, 3.8) is 0 Å². The standard InChI is InChI=1S/C29H32F4N6O3S/c1-37-12-10-21(20(30)18-37)35-26-7-3-6-24-27(43-29(31,32)33)23(36-39(24)26)5-4-11-34-22-9-8-19(17-25(22)41-2)28(40)38-13-15-42-16-14-38/h3,6-9,17,20-21,34-35H,10-16,18H2,1-2H3/t20-,21+/m0/s1. The number of pyridine rings is 1. The number of hydrogen-bond donors (Lipinski definition) is 2. The average molecular weight is 621 g/mol. The van der Waals surface area contributed by atoms with E-state index in [0.29, 0.717) is 62.1 Å². The first kappa shape index (κ1) is 30.8. The lowest BCUT2D eigenvalue weighted by molar-refractivity contribution is -0.0327. The van der Waals surface area contributed by atoms with Gasteiger partial charge in [0.1, 0.15) is 23.4 Å². The third-order valence-electron chi connectivity index (χ3n) is 7.23. The Bertz CT molecular complexity index is 1520. The number of anilines is 2. The van der Waals surface area contributed by atoms with Gasteiger partial charge in [-0.05, 0) is 61.5 Å². The normalized spacial score (nSPS) is 19.5. The van der Waals surface area contributed by atoms with E-state index in [1.54, 1.807) is 35.2 Å². The topological polar surface area (TPSA) is 83.4 Å². The highest BCUT2D eigenvalue weighted by Crippen LogP contribution is 2.41. The summed E-state index contributed by atoms with van der Waals surface area (Å²) in [5.41, 5.74) is -3.35. The minimum absolute atomic E-state index is 0.0445. The summed E-state index contributed by atoms with van der Waals surface area (Å²) in [7, 11) is 3.32. The number of alkyl halides is 4. The van der Waals surface area contributed by atoms with E-state index in [0.717, 1.165) is 0 Å². The number of fused-ring (bicyclic) bond motifs is 1. The Balaban J connectivity index is 1.35. The molecule has 0 unspecified atom stereocenters. The van der Waals surface area contributed by atoms with Crippen molar-refractivity contribution in [2.45, 2.75) is 29.0 Å². The molecule has 0 aliphatic carbocycles. The number of thioether (sulfide) groups is 1. The molecule has 1 aromatic carbocycles. The molecule has 2 saturated heterocycles. The smallest absolute Gasteiger partial charge is 0.446 e. The number of rotatable bonds is 7. The number of benzene rings is 1. The molecule has 14 heteroatoms. The van der Waals surface area contributed by atoms with Crippen molar-refractivity contribution in [2.75, 3.05) is 70.7 Å². The van der Waals surface area contributed by atoms with E-state index in [4.69, 9.17) is 9.47 Å². The molecule has 2 fully saturated rings. The van der Waals surface area contributed by atoms with Crippen LogP contribution in [0.2, 0.25) is 0 Å². The van der Waals surface area contributed by atoms with E-state index in [1.807, 2.05) is 11.9 Å². The molecule has 4 heterocycles. The first-order valence-electron chi connectivity index (χ1n) is 13.8. The summed E-state index contributed by atoms with van der Waals surface area (Å²) in [5.74, 6) is 6.30. The number of methoxy groups -OCH3 is 1. The van der Waals surface area contributed by atoms with Gasteiger partial charge in [-0.1, -0.05) is 12.0 Å². The minimum Gasteiger partial charge on any atom is -0.495 e. The Morgan fingerprint density at radius 2 is 2.00 bits per heavy atom. The lowest BCUT2D eigenvalue weighted by Crippen LogP contribution is -2.46. The fourth-order valence-electron chi connectivity index (χ4n) is 5.05. The molecule has 2 aromatic heterocycles. The van der Waals surface area contributed by atoms with Crippen LogP contribution in [-0.2, 0) is 4.74 Å². The molecule has 230 valence electrons. The predicted octanol–water partition coefficient (Wildman–Crippen LogP) is 4.34. The van der Waals surface area contributed by atoms with Crippen LogP contribution in [0.25, 0.3) is 5.52 Å². The highest BCUT2D eigenvalue weighted by Gasteiger charge is 2.33. The van der Waals surface area contributed by atoms with Crippen LogP contribution in [0.4, 0.5) is 29.1 Å². The van der Waals surface area contributed by atoms with Crippen molar-refractivity contribution in [1.82, 2.24) is 19.4 Å². The fourth-order valence-corrected chi connectivity index (χ4v) is 5.73. The monoisotopic (exact) mass is 620 g/mol. The van der Waals surface area contributed by atoms with Gasteiger partial charge in [0.25, 0.3) is 5.91 Å². The maximum absolute atomic E-state index is 14.7. The quantitative estimate of drug-likeness (QED) is 0.229. The number of aromatic nitrogens is 2. The van der Waals surface area contributed by atoms with Crippen LogP contribution in [0.3, 0.4) is 0 Å². The van der Waals surface area contributed by atoms with E-state index >= 15 is 0 Å². The summed E-state index contributed by atoms with van der Waals surface area (Å²) < 4.78 is 67.4. The maximum atomic E-state index is 14.7. The molecule has 2 N–H and O–H groups in total. The van der Waals surface area contributed by atoms with Gasteiger partial charge >= 0.3 is 5.51 Å². The fraction of sp³-hybridized carbons (Fsp3) is 0.448. The number of piperidine rings is 1. The molecule has 2 aliphatic rings. The minimum atomic E-state index is -4.56. The second-order valence-corrected chi connectivity index (χ2v) is 11.3. The lowest BCUT2D eigenvalue weighted by Gasteiger charge is -2.33. The van der Waals surface area contributed by atoms with Gasteiger partial charge in [0.2, 0.25) is 0 Å². The number of carbonyl (C=O) groups excluding carboxylic acids is 1. The molecule has 5 rings (SSSR count). The summed E-state index contributed by atoms with van der Waals surface area (Å²) in [6.45, 7) is 3.05. The van der Waals surface area contributed by atoms with E-state index in [1.165, 1.54) is 17.7 Å². The molecule has 2 aliphatic heterocycles. The zero-order chi connectivity index (χ0) is 30.6. The van der Waals surface area contributed by atoms with Crippen LogP contribution in [0.1, 0.15) is 22.5 Å². The molecule has 3 aromatic rings. The highest BCUT2D eigenvalue weighted by atomic mass is 32.2. The Kier molecular flexibility index (Phi) is 9.53. The number of likely N-dealkylation sites (tertiary alicyclic amines) is 1. The number of morpholine rings is 1. The molecular formula is C29H32F4N6O3S. The van der Waals surface area contributed by atoms with Crippen molar-refractivity contribution in [3.05, 3.63) is 47.7 Å². The van der Waals surface area contributed by atoms with E-state index in [-0.39, 0.29) is 46.9 Å². The average Bonchev–Trinajstić information content (AvgIpc) is 3.33. The number of nitrogens with one attached hydrogen (secondary N) is 2. The van der Waals surface area contributed by atoms with Crippen LogP contribution in [0.15, 0.2) is 41.3 Å². The van der Waals surface area contributed by atoms with Crippen molar-refractivity contribution in [1.29, 1.82) is 0 Å². The van der Waals surface area contributed by atoms with E-state index < -0.39 is 17.7 Å². The van der Waals surface area contributed by atoms with Gasteiger partial charge in [0.05, 0.1) is 49.0 Å². The first-order chi connectivity index (χ1) is 20.6. The van der Waals surface area contributed by atoms with E-state index in [9.17, 15) is 22.4 Å². The zero-order valence-electron chi connectivity index (χ0n) is 23.7. The molecule has 1 amide bonds. The number of amides is 1. The molecule has 0 bridgehead atoms. The second-order valence-electron chi connectivity index (χ2n) is 10.2. The van der Waals surface area contributed by atoms with Crippen LogP contribution in [-0.4, -0.2) is 103 Å². The summed E-state index contributed by atoms with van der Waals surface area (Å²) in [6, 6.07) is 9.32. The van der Waals surface area contributed by atoms with Gasteiger partial charge in [-0.25, -0.2) is 8.91 Å². The maximum Gasteiger partial charge on any atom is 0.446 e. The van der Waals surface area contributed by atoms with Crippen LogP contribution < -0.4 is 15.4 Å². The van der Waals surface area contributed by atoms with Gasteiger partial charge in [-0.3, -0.25) is 4.79 Å². The number of hydrogen-bond acceptors (Lipinski definition) is 8. The molecule has 0 radical (unpaired) electrons. The molecule has 2 atom stereocenters. The van der Waals surface area contributed by atoms with Crippen LogP contribution in [0, 0.1) is 11.8 Å². The van der Waals surface area contributed by atoms with Crippen LogP contribution in [0.5, 0.6) is 5.75 Å². The Morgan fingerprint density at radius 3 is 2.72 bits per heavy atom. The van der Waals surface area contributed by atoms with Gasteiger partial charge in [0, 0.05) is 31.7 Å². The molecule has 43 heavy (non-hydrogen) atoms. The molecular weight excluding hydrogens is 588 g/mol. The van der Waals surface area contributed by atoms with Gasteiger partial charge in [-0.2, -0.15) is 18.3 Å². The molecule has 9 nitrogen and oxygen atoms in total. The number of ether oxygens (including phenoxy) is 2. The lowest BCUT2D eigenvalue weighted by atomic mass is 10.0. The SMILES string of the molecule is COc1cc(C(=O)N2CCOCC2)ccc1NCC#Cc1nn2c(N[C@@H]3CCN(C)C[C@@H]3F)cccc2c1SC(F)(F)F. The first-order valence-corrected chi connectivity index (χ1v) is 14.6. The highest BCUT2D eigenvalue weighted by molar-refractivity contribution is 8.00. The zero-order valence-corrected chi connectivity index (χ0v) is 24.5. The van der Waals surface area contributed by atoms with Crippen molar-refractivity contribution >= 4 is 34.7 Å². The number of carbonyl (C=O) groups is 1. The van der Waals surface area contributed by atoms with Crippen molar-refractivity contribution in [3.8, 4) is 17.6 Å². The van der Waals surface area contributed by atoms with Gasteiger partial charge in [-0.15, -0.1) is 0 Å². The van der Waals surface area contributed by atoms with Crippen molar-refractivity contribution in [2.24, 2.45) is 0 Å². The Hall–Kier alpha value is -3.67. The Morgan fingerprint density at radius 1 is 1.21 bits per heavy atom. The molecule has 0 saturated carbocycles. The second kappa shape index (κ2) is 13.3. The summed E-state index contributed by atoms with van der Waals surface area (Å²) in [5, 5.41) is 10.6.